The van der Waals surface area contributed by atoms with Crippen LogP contribution in [0.15, 0.2) is 10.4 Å². The number of aliphatic imine (C=N–C) groups is 1. The van der Waals surface area contributed by atoms with E-state index in [4.69, 9.17) is 0 Å². The van der Waals surface area contributed by atoms with Gasteiger partial charge in [-0.2, -0.15) is 0 Å². The van der Waals surface area contributed by atoms with Crippen LogP contribution in [0.5, 0.6) is 0 Å². The van der Waals surface area contributed by atoms with Crippen molar-refractivity contribution in [1.29, 1.82) is 0 Å². The van der Waals surface area contributed by atoms with Gasteiger partial charge in [0.15, 0.2) is 5.96 Å². The Hall–Kier alpha value is -1.18. The quantitative estimate of drug-likeness (QED) is 0.500. The minimum atomic E-state index is 0.558. The van der Waals surface area contributed by atoms with Crippen molar-refractivity contribution in [2.75, 3.05) is 46.3 Å². The predicted octanol–water partition coefficient (Wildman–Crippen LogP) is 3.09. The Morgan fingerprint density at radius 2 is 1.90 bits per heavy atom. The van der Waals surface area contributed by atoms with Crippen LogP contribution in [0.25, 0.3) is 0 Å². The summed E-state index contributed by atoms with van der Waals surface area (Å²) in [5.74, 6) is 1.72. The van der Waals surface area contributed by atoms with Crippen molar-refractivity contribution < 1.29 is 0 Å². The van der Waals surface area contributed by atoms with Gasteiger partial charge < -0.3 is 15.5 Å². The Labute approximate surface area is 181 Å². The third-order valence-corrected chi connectivity index (χ3v) is 7.12. The molecule has 2 aliphatic rings. The molecule has 2 saturated heterocycles. The molecule has 3 heterocycles. The van der Waals surface area contributed by atoms with E-state index in [1.54, 1.807) is 11.3 Å². The van der Waals surface area contributed by atoms with Crippen LogP contribution in [0.2, 0.25) is 0 Å². The fourth-order valence-corrected chi connectivity index (χ4v) is 4.97. The molecular formula is C22H40N6S. The maximum atomic E-state index is 4.61. The van der Waals surface area contributed by atoms with E-state index in [1.807, 2.05) is 7.05 Å². The smallest absolute Gasteiger partial charge is 0.191 e. The van der Waals surface area contributed by atoms with Crippen molar-refractivity contribution >= 4 is 17.3 Å². The highest BCUT2D eigenvalue weighted by Crippen LogP contribution is 2.19. The molecule has 0 aliphatic carbocycles. The lowest BCUT2D eigenvalue weighted by atomic mass is 9.97. The van der Waals surface area contributed by atoms with E-state index >= 15 is 0 Å². The number of guanidine groups is 1. The zero-order valence-electron chi connectivity index (χ0n) is 18.6. The third-order valence-electron chi connectivity index (χ3n) is 6.30. The first kappa shape index (κ1) is 22.5. The van der Waals surface area contributed by atoms with Crippen LogP contribution in [0.1, 0.15) is 56.2 Å². The Morgan fingerprint density at radius 3 is 2.52 bits per heavy atom. The summed E-state index contributed by atoms with van der Waals surface area (Å²) in [6.07, 6.45) is 7.56. The van der Waals surface area contributed by atoms with Crippen LogP contribution >= 0.6 is 11.3 Å². The maximum absolute atomic E-state index is 4.61. The fourth-order valence-electron chi connectivity index (χ4n) is 4.37. The summed E-state index contributed by atoms with van der Waals surface area (Å²) in [5.41, 5.74) is 1.23. The highest BCUT2D eigenvalue weighted by atomic mass is 32.1. The van der Waals surface area contributed by atoms with Gasteiger partial charge in [0, 0.05) is 44.6 Å². The average molecular weight is 421 g/mol. The van der Waals surface area contributed by atoms with Crippen molar-refractivity contribution in [3.8, 4) is 0 Å². The number of rotatable bonds is 8. The summed E-state index contributed by atoms with van der Waals surface area (Å²) in [6.45, 7) is 12.4. The Morgan fingerprint density at radius 1 is 1.17 bits per heavy atom. The molecule has 0 atom stereocenters. The van der Waals surface area contributed by atoms with Gasteiger partial charge in [0.2, 0.25) is 0 Å². The first-order valence-electron chi connectivity index (χ1n) is 11.5. The van der Waals surface area contributed by atoms with Gasteiger partial charge in [0.05, 0.1) is 10.7 Å². The summed E-state index contributed by atoms with van der Waals surface area (Å²) in [4.78, 5) is 14.2. The van der Waals surface area contributed by atoms with Crippen LogP contribution in [-0.4, -0.2) is 73.1 Å². The van der Waals surface area contributed by atoms with E-state index in [2.05, 4.69) is 49.6 Å². The summed E-state index contributed by atoms with van der Waals surface area (Å²) < 4.78 is 0. The molecule has 0 unspecified atom stereocenters. The van der Waals surface area contributed by atoms with Gasteiger partial charge in [0.25, 0.3) is 0 Å². The number of hydrogen-bond donors (Lipinski definition) is 2. The molecule has 0 amide bonds. The molecular weight excluding hydrogens is 380 g/mol. The summed E-state index contributed by atoms with van der Waals surface area (Å²) in [5, 5.41) is 10.6. The van der Waals surface area contributed by atoms with Gasteiger partial charge in [0.1, 0.15) is 0 Å². The number of unbranched alkanes of at least 4 members (excludes halogenated alkanes) is 1. The van der Waals surface area contributed by atoms with Gasteiger partial charge in [-0.05, 0) is 64.6 Å². The molecule has 7 heteroatoms. The standard InChI is InChI=1S/C22H40N6S/c1-4-5-10-27-13-8-20(9-14-27)26-22(23-3)24-15-19-6-11-28(12-7-19)16-21-17-29-18(2)25-21/h17,19-20H,4-16H2,1-3H3,(H2,23,24,26). The van der Waals surface area contributed by atoms with E-state index < -0.39 is 0 Å². The summed E-state index contributed by atoms with van der Waals surface area (Å²) >= 11 is 1.75. The molecule has 164 valence electrons. The van der Waals surface area contributed by atoms with E-state index in [1.165, 1.54) is 82.0 Å². The fraction of sp³-hybridized carbons (Fsp3) is 0.818. The van der Waals surface area contributed by atoms with Crippen LogP contribution in [0.3, 0.4) is 0 Å². The van der Waals surface area contributed by atoms with Crippen LogP contribution in [0.4, 0.5) is 0 Å². The zero-order chi connectivity index (χ0) is 20.5. The highest BCUT2D eigenvalue weighted by Gasteiger charge is 2.22. The average Bonchev–Trinajstić information content (AvgIpc) is 3.16. The lowest BCUT2D eigenvalue weighted by molar-refractivity contribution is 0.176. The number of aromatic nitrogens is 1. The van der Waals surface area contributed by atoms with Crippen LogP contribution < -0.4 is 10.6 Å². The molecule has 3 rings (SSSR count). The molecule has 0 bridgehead atoms. The van der Waals surface area contributed by atoms with E-state index in [0.717, 1.165) is 25.0 Å². The largest absolute Gasteiger partial charge is 0.356 e. The van der Waals surface area contributed by atoms with Crippen molar-refractivity contribution in [2.45, 2.75) is 65.0 Å². The predicted molar refractivity (Wildman–Crippen MR) is 124 cm³/mol. The van der Waals surface area contributed by atoms with Crippen LogP contribution in [0, 0.1) is 12.8 Å². The number of nitrogens with one attached hydrogen (secondary N) is 2. The van der Waals surface area contributed by atoms with Crippen molar-refractivity contribution in [1.82, 2.24) is 25.4 Å². The third kappa shape index (κ3) is 7.54. The Balaban J connectivity index is 1.31. The number of aryl methyl sites for hydroxylation is 1. The minimum absolute atomic E-state index is 0.558. The topological polar surface area (TPSA) is 55.8 Å². The first-order valence-corrected chi connectivity index (χ1v) is 12.4. The molecule has 29 heavy (non-hydrogen) atoms. The second-order valence-electron chi connectivity index (χ2n) is 8.64. The Bertz CT molecular complexity index is 615. The summed E-state index contributed by atoms with van der Waals surface area (Å²) in [7, 11) is 1.89. The molecule has 2 aliphatic heterocycles. The van der Waals surface area contributed by atoms with Crippen molar-refractivity contribution in [3.63, 3.8) is 0 Å². The van der Waals surface area contributed by atoms with Gasteiger partial charge in [-0.1, -0.05) is 13.3 Å². The molecule has 0 spiro atoms. The highest BCUT2D eigenvalue weighted by molar-refractivity contribution is 7.09. The van der Waals surface area contributed by atoms with Gasteiger partial charge in [-0.25, -0.2) is 4.98 Å². The summed E-state index contributed by atoms with van der Waals surface area (Å²) in [6, 6.07) is 0.558. The molecule has 2 N–H and O–H groups in total. The lowest BCUT2D eigenvalue weighted by Crippen LogP contribution is -2.50. The second-order valence-corrected chi connectivity index (χ2v) is 9.71. The Kier molecular flexibility index (Phi) is 9.21. The number of hydrogen-bond acceptors (Lipinski definition) is 5. The van der Waals surface area contributed by atoms with Gasteiger partial charge in [-0.3, -0.25) is 9.89 Å². The van der Waals surface area contributed by atoms with E-state index in [0.29, 0.717) is 6.04 Å². The molecule has 0 saturated carbocycles. The lowest BCUT2D eigenvalue weighted by Gasteiger charge is -2.34. The van der Waals surface area contributed by atoms with Crippen LogP contribution in [-0.2, 0) is 6.54 Å². The van der Waals surface area contributed by atoms with E-state index in [9.17, 15) is 0 Å². The number of nitrogens with zero attached hydrogens (tertiary/aromatic N) is 4. The van der Waals surface area contributed by atoms with Gasteiger partial charge in [-0.15, -0.1) is 11.3 Å². The molecule has 0 aromatic carbocycles. The van der Waals surface area contributed by atoms with Gasteiger partial charge >= 0.3 is 0 Å². The second kappa shape index (κ2) is 11.9. The molecule has 1 aromatic heterocycles. The first-order chi connectivity index (χ1) is 14.2. The maximum Gasteiger partial charge on any atom is 0.191 e. The van der Waals surface area contributed by atoms with Crippen molar-refractivity contribution in [2.24, 2.45) is 10.9 Å². The van der Waals surface area contributed by atoms with E-state index in [-0.39, 0.29) is 0 Å². The molecule has 2 fully saturated rings. The SMILES string of the molecule is CCCCN1CCC(NC(=NC)NCC2CCN(Cc3csc(C)n3)CC2)CC1. The molecule has 0 radical (unpaired) electrons. The molecule has 6 nitrogen and oxygen atoms in total. The zero-order valence-corrected chi connectivity index (χ0v) is 19.4. The number of likely N-dealkylation sites (tertiary alicyclic amines) is 2. The monoisotopic (exact) mass is 420 g/mol. The number of thiazole rings is 1. The minimum Gasteiger partial charge on any atom is -0.356 e. The molecule has 1 aromatic rings. The normalized spacial score (nSPS) is 20.9. The number of piperidine rings is 2. The van der Waals surface area contributed by atoms with Crippen molar-refractivity contribution in [3.05, 3.63) is 16.1 Å².